The van der Waals surface area contributed by atoms with Crippen molar-refractivity contribution >= 4 is 11.9 Å². The van der Waals surface area contributed by atoms with Crippen molar-refractivity contribution < 1.29 is 14.7 Å². The molecule has 2 fully saturated rings. The molecule has 0 bridgehead atoms. The first-order valence-corrected chi connectivity index (χ1v) is 6.08. The fraction of sp³-hybridized carbons (Fsp3) is 0.833. The van der Waals surface area contributed by atoms with Gasteiger partial charge < -0.3 is 10.0 Å². The van der Waals surface area contributed by atoms with E-state index in [2.05, 4.69) is 0 Å². The van der Waals surface area contributed by atoms with Crippen LogP contribution in [-0.4, -0.2) is 34.5 Å². The minimum atomic E-state index is -0.711. The monoisotopic (exact) mass is 225 g/mol. The largest absolute Gasteiger partial charge is 0.481 e. The van der Waals surface area contributed by atoms with Crippen molar-refractivity contribution in [1.29, 1.82) is 0 Å². The lowest BCUT2D eigenvalue weighted by Gasteiger charge is -2.50. The second kappa shape index (κ2) is 4.07. The molecule has 1 aliphatic heterocycles. The van der Waals surface area contributed by atoms with E-state index in [1.54, 1.807) is 11.8 Å². The number of aliphatic carboxylic acids is 1. The Kier molecular flexibility index (Phi) is 2.91. The molecule has 0 aromatic heterocycles. The summed E-state index contributed by atoms with van der Waals surface area (Å²) in [5.74, 6) is -0.686. The molecule has 1 atom stereocenters. The molecule has 2 rings (SSSR count). The van der Waals surface area contributed by atoms with Crippen molar-refractivity contribution in [3.05, 3.63) is 0 Å². The van der Waals surface area contributed by atoms with Crippen molar-refractivity contribution in [2.45, 2.75) is 51.5 Å². The molecule has 90 valence electrons. The van der Waals surface area contributed by atoms with E-state index in [9.17, 15) is 14.7 Å². The van der Waals surface area contributed by atoms with Crippen molar-refractivity contribution in [3.8, 4) is 0 Å². The summed E-state index contributed by atoms with van der Waals surface area (Å²) in [5.41, 5.74) is -0.633. The maximum atomic E-state index is 11.6. The normalized spacial score (nSPS) is 28.3. The van der Waals surface area contributed by atoms with Gasteiger partial charge in [-0.25, -0.2) is 0 Å². The van der Waals surface area contributed by atoms with Crippen LogP contribution in [0.15, 0.2) is 0 Å². The summed E-state index contributed by atoms with van der Waals surface area (Å²) < 4.78 is 0. The molecule has 1 aliphatic carbocycles. The SMILES string of the molecule is CC(=O)N1CCCCC1C1(C(=O)O)CCC1. The van der Waals surface area contributed by atoms with Crippen LogP contribution in [0.5, 0.6) is 0 Å². The summed E-state index contributed by atoms with van der Waals surface area (Å²) in [7, 11) is 0. The molecule has 1 amide bonds. The quantitative estimate of drug-likeness (QED) is 0.777. The highest BCUT2D eigenvalue weighted by atomic mass is 16.4. The first-order valence-electron chi connectivity index (χ1n) is 6.08. The Labute approximate surface area is 95.6 Å². The third-order valence-corrected chi connectivity index (χ3v) is 4.22. The van der Waals surface area contributed by atoms with Gasteiger partial charge in [0.2, 0.25) is 5.91 Å². The number of hydrogen-bond acceptors (Lipinski definition) is 2. The first kappa shape index (κ1) is 11.4. The topological polar surface area (TPSA) is 57.6 Å². The Hall–Kier alpha value is -1.06. The molecule has 4 nitrogen and oxygen atoms in total. The molecule has 0 aromatic carbocycles. The summed E-state index contributed by atoms with van der Waals surface area (Å²) in [6, 6.07) is -0.0648. The van der Waals surface area contributed by atoms with E-state index in [0.717, 1.165) is 45.1 Å². The zero-order valence-corrected chi connectivity index (χ0v) is 9.74. The predicted octanol–water partition coefficient (Wildman–Crippen LogP) is 1.64. The van der Waals surface area contributed by atoms with Gasteiger partial charge in [0.05, 0.1) is 5.41 Å². The molecular formula is C12H19NO3. The van der Waals surface area contributed by atoms with Gasteiger partial charge in [-0.3, -0.25) is 9.59 Å². The van der Waals surface area contributed by atoms with Crippen LogP contribution in [-0.2, 0) is 9.59 Å². The van der Waals surface area contributed by atoms with Crippen LogP contribution in [0.25, 0.3) is 0 Å². The summed E-state index contributed by atoms with van der Waals surface area (Å²) in [5, 5.41) is 9.40. The smallest absolute Gasteiger partial charge is 0.311 e. The van der Waals surface area contributed by atoms with Gasteiger partial charge in [-0.15, -0.1) is 0 Å². The van der Waals surface area contributed by atoms with Crippen LogP contribution in [0.2, 0.25) is 0 Å². The van der Waals surface area contributed by atoms with Crippen LogP contribution >= 0.6 is 0 Å². The summed E-state index contributed by atoms with van der Waals surface area (Å²) in [4.78, 5) is 24.8. The lowest BCUT2D eigenvalue weighted by Crippen LogP contribution is -2.58. The molecule has 0 radical (unpaired) electrons. The second-order valence-corrected chi connectivity index (χ2v) is 5.04. The maximum absolute atomic E-state index is 11.6. The van der Waals surface area contributed by atoms with Gasteiger partial charge in [0.15, 0.2) is 0 Å². The molecule has 0 spiro atoms. The number of carboxylic acids is 1. The van der Waals surface area contributed by atoms with Crippen molar-refractivity contribution in [2.75, 3.05) is 6.54 Å². The number of likely N-dealkylation sites (tertiary alicyclic amines) is 1. The maximum Gasteiger partial charge on any atom is 0.311 e. The molecule has 1 saturated heterocycles. The fourth-order valence-electron chi connectivity index (χ4n) is 3.13. The van der Waals surface area contributed by atoms with E-state index in [0.29, 0.717) is 0 Å². The highest BCUT2D eigenvalue weighted by molar-refractivity contribution is 5.79. The number of rotatable bonds is 2. The zero-order valence-electron chi connectivity index (χ0n) is 9.74. The number of carbonyl (C=O) groups is 2. The zero-order chi connectivity index (χ0) is 11.8. The molecule has 1 saturated carbocycles. The minimum absolute atomic E-state index is 0.0252. The number of carboxylic acid groups (broad SMARTS) is 1. The van der Waals surface area contributed by atoms with Crippen LogP contribution in [0.3, 0.4) is 0 Å². The summed E-state index contributed by atoms with van der Waals surface area (Å²) in [6.07, 6.45) is 5.35. The first-order chi connectivity index (χ1) is 7.58. The van der Waals surface area contributed by atoms with E-state index in [1.807, 2.05) is 0 Å². The molecule has 1 heterocycles. The standard InChI is InChI=1S/C12H19NO3/c1-9(14)13-8-3-2-5-10(13)12(11(15)16)6-4-7-12/h10H,2-8H2,1H3,(H,15,16). The van der Waals surface area contributed by atoms with Crippen molar-refractivity contribution in [2.24, 2.45) is 5.41 Å². The second-order valence-electron chi connectivity index (χ2n) is 5.04. The molecule has 4 heteroatoms. The van der Waals surface area contributed by atoms with Gasteiger partial charge >= 0.3 is 5.97 Å². The van der Waals surface area contributed by atoms with Crippen LogP contribution in [0.4, 0.5) is 0 Å². The summed E-state index contributed by atoms with van der Waals surface area (Å²) >= 11 is 0. The Balaban J connectivity index is 2.22. The van der Waals surface area contributed by atoms with Gasteiger partial charge in [-0.2, -0.15) is 0 Å². The number of amides is 1. The van der Waals surface area contributed by atoms with Crippen molar-refractivity contribution in [3.63, 3.8) is 0 Å². The van der Waals surface area contributed by atoms with Gasteiger partial charge in [-0.1, -0.05) is 6.42 Å². The van der Waals surface area contributed by atoms with Gasteiger partial charge in [0.1, 0.15) is 0 Å². The van der Waals surface area contributed by atoms with Gasteiger partial charge in [0.25, 0.3) is 0 Å². The van der Waals surface area contributed by atoms with E-state index in [-0.39, 0.29) is 11.9 Å². The number of nitrogens with zero attached hydrogens (tertiary/aromatic N) is 1. The summed E-state index contributed by atoms with van der Waals surface area (Å²) in [6.45, 7) is 2.28. The average molecular weight is 225 g/mol. The number of hydrogen-bond donors (Lipinski definition) is 1. The average Bonchev–Trinajstić information content (AvgIpc) is 2.15. The van der Waals surface area contributed by atoms with Crippen LogP contribution in [0, 0.1) is 5.41 Å². The molecule has 2 aliphatic rings. The minimum Gasteiger partial charge on any atom is -0.481 e. The number of piperidine rings is 1. The molecule has 1 unspecified atom stereocenters. The van der Waals surface area contributed by atoms with E-state index in [4.69, 9.17) is 0 Å². The molecule has 0 aromatic rings. The van der Waals surface area contributed by atoms with Crippen LogP contribution in [0.1, 0.15) is 45.4 Å². The molecular weight excluding hydrogens is 206 g/mol. The highest BCUT2D eigenvalue weighted by Gasteiger charge is 2.53. The fourth-order valence-corrected chi connectivity index (χ4v) is 3.13. The van der Waals surface area contributed by atoms with E-state index in [1.165, 1.54) is 0 Å². The highest BCUT2D eigenvalue weighted by Crippen LogP contribution is 2.48. The predicted molar refractivity (Wildman–Crippen MR) is 58.9 cm³/mol. The molecule has 1 N–H and O–H groups in total. The Morgan fingerprint density at radius 1 is 1.25 bits per heavy atom. The Morgan fingerprint density at radius 3 is 2.38 bits per heavy atom. The third kappa shape index (κ3) is 1.60. The molecule has 16 heavy (non-hydrogen) atoms. The number of carbonyl (C=O) groups excluding carboxylic acids is 1. The van der Waals surface area contributed by atoms with Gasteiger partial charge in [0, 0.05) is 19.5 Å². The van der Waals surface area contributed by atoms with Gasteiger partial charge in [-0.05, 0) is 32.1 Å². The van der Waals surface area contributed by atoms with Crippen molar-refractivity contribution in [1.82, 2.24) is 4.90 Å². The van der Waals surface area contributed by atoms with Crippen LogP contribution < -0.4 is 0 Å². The lowest BCUT2D eigenvalue weighted by molar-refractivity contribution is -0.165. The lowest BCUT2D eigenvalue weighted by atomic mass is 9.62. The third-order valence-electron chi connectivity index (χ3n) is 4.22. The Morgan fingerprint density at radius 2 is 1.94 bits per heavy atom. The Bertz CT molecular complexity index is 309. The van der Waals surface area contributed by atoms with E-state index >= 15 is 0 Å². The van der Waals surface area contributed by atoms with E-state index < -0.39 is 11.4 Å².